The molecular formula is C29H21F2N3O2. The molecule has 0 atom stereocenters. The molecule has 1 aromatic heterocycles. The van der Waals surface area contributed by atoms with Gasteiger partial charge in [-0.25, -0.2) is 14.0 Å². The number of hydrogen-bond acceptors (Lipinski definition) is 2. The molecule has 0 bridgehead atoms. The second-order valence-electron chi connectivity index (χ2n) is 8.75. The quantitative estimate of drug-likeness (QED) is 0.173. The lowest BCUT2D eigenvalue weighted by atomic mass is 9.72. The van der Waals surface area contributed by atoms with Crippen molar-refractivity contribution in [3.63, 3.8) is 0 Å². The van der Waals surface area contributed by atoms with Gasteiger partial charge >= 0.3 is 5.97 Å². The molecule has 1 saturated carbocycles. The SMILES string of the molecule is [C-]#[N+]c1cc(F)ccc1/C(=C(\c1ccc(/C=C/C(=O)O)cc1)c1ccc2n[nH]c(F)c2c1)C1CCC1. The maximum atomic E-state index is 14.4. The number of rotatable bonds is 6. The third kappa shape index (κ3) is 4.41. The number of halogens is 2. The van der Waals surface area contributed by atoms with Crippen molar-refractivity contribution >= 4 is 39.8 Å². The van der Waals surface area contributed by atoms with Gasteiger partial charge in [-0.15, -0.1) is 0 Å². The number of carboxylic acids is 1. The summed E-state index contributed by atoms with van der Waals surface area (Å²) in [5.41, 5.74) is 5.42. The number of allylic oxidation sites excluding steroid dienone is 1. The molecule has 0 radical (unpaired) electrons. The first-order valence-corrected chi connectivity index (χ1v) is 11.5. The molecule has 1 aliphatic rings. The van der Waals surface area contributed by atoms with E-state index in [1.54, 1.807) is 18.2 Å². The first-order chi connectivity index (χ1) is 17.4. The van der Waals surface area contributed by atoms with Crippen LogP contribution in [0.15, 0.2) is 66.7 Å². The molecule has 0 saturated heterocycles. The van der Waals surface area contributed by atoms with Crippen molar-refractivity contribution < 1.29 is 18.7 Å². The molecular weight excluding hydrogens is 460 g/mol. The number of aliphatic carboxylic acids is 1. The van der Waals surface area contributed by atoms with E-state index in [0.29, 0.717) is 22.0 Å². The summed E-state index contributed by atoms with van der Waals surface area (Å²) in [4.78, 5) is 14.5. The number of aromatic nitrogens is 2. The molecule has 4 aromatic rings. The van der Waals surface area contributed by atoms with Gasteiger partial charge in [0.2, 0.25) is 5.95 Å². The van der Waals surface area contributed by atoms with Crippen LogP contribution in [0, 0.1) is 24.3 Å². The summed E-state index contributed by atoms with van der Waals surface area (Å²) in [6.45, 7) is 7.68. The fourth-order valence-electron chi connectivity index (χ4n) is 4.62. The van der Waals surface area contributed by atoms with Crippen LogP contribution in [0.2, 0.25) is 0 Å². The van der Waals surface area contributed by atoms with Crippen molar-refractivity contribution in [2.24, 2.45) is 5.92 Å². The Bertz CT molecular complexity index is 1570. The predicted molar refractivity (Wildman–Crippen MR) is 135 cm³/mol. The number of hydrogen-bond donors (Lipinski definition) is 2. The van der Waals surface area contributed by atoms with Crippen LogP contribution in [0.4, 0.5) is 14.5 Å². The van der Waals surface area contributed by atoms with Gasteiger partial charge in [0.25, 0.3) is 0 Å². The average molecular weight is 482 g/mol. The lowest BCUT2D eigenvalue weighted by Gasteiger charge is -2.32. The van der Waals surface area contributed by atoms with E-state index in [0.717, 1.165) is 47.6 Å². The van der Waals surface area contributed by atoms with E-state index in [2.05, 4.69) is 15.0 Å². The molecule has 1 aliphatic carbocycles. The second kappa shape index (κ2) is 9.59. The van der Waals surface area contributed by atoms with Crippen LogP contribution in [0.25, 0.3) is 33.0 Å². The molecule has 0 spiro atoms. The Morgan fingerprint density at radius 1 is 1.06 bits per heavy atom. The van der Waals surface area contributed by atoms with Crippen LogP contribution >= 0.6 is 0 Å². The highest BCUT2D eigenvalue weighted by atomic mass is 19.1. The summed E-state index contributed by atoms with van der Waals surface area (Å²) in [5, 5.41) is 15.6. The van der Waals surface area contributed by atoms with Gasteiger partial charge in [-0.2, -0.15) is 9.49 Å². The Kier molecular flexibility index (Phi) is 6.17. The van der Waals surface area contributed by atoms with Gasteiger partial charge in [0.05, 0.1) is 17.5 Å². The highest BCUT2D eigenvalue weighted by Gasteiger charge is 2.29. The summed E-state index contributed by atoms with van der Waals surface area (Å²) >= 11 is 0. The summed E-state index contributed by atoms with van der Waals surface area (Å²) in [6.07, 6.45) is 5.48. The largest absolute Gasteiger partial charge is 0.478 e. The third-order valence-corrected chi connectivity index (χ3v) is 6.57. The van der Waals surface area contributed by atoms with Gasteiger partial charge in [-0.3, -0.25) is 5.10 Å². The van der Waals surface area contributed by atoms with Crippen LogP contribution in [-0.2, 0) is 4.79 Å². The van der Waals surface area contributed by atoms with E-state index in [9.17, 15) is 13.6 Å². The smallest absolute Gasteiger partial charge is 0.328 e. The lowest BCUT2D eigenvalue weighted by Crippen LogP contribution is -2.15. The van der Waals surface area contributed by atoms with Gasteiger partial charge < -0.3 is 5.11 Å². The normalized spacial score (nSPS) is 14.5. The average Bonchev–Trinajstić information content (AvgIpc) is 3.22. The Balaban J connectivity index is 1.79. The topological polar surface area (TPSA) is 70.3 Å². The van der Waals surface area contributed by atoms with Crippen molar-refractivity contribution in [1.29, 1.82) is 0 Å². The van der Waals surface area contributed by atoms with Gasteiger partial charge in [0, 0.05) is 6.08 Å². The number of H-pyrrole nitrogens is 1. The standard InChI is InChI=1S/C29H21F2N3O2/c1-32-25-16-21(30)11-12-22(25)28(18-3-2-4-18)27(19-8-5-17(6-9-19)7-14-26(35)36)20-10-13-24-23(15-20)29(31)34-33-24/h5-16,18H,2-4H2,(H,33,34)(H,35,36)/b14-7+,28-27+. The number of nitrogens with one attached hydrogen (secondary N) is 1. The summed E-state index contributed by atoms with van der Waals surface area (Å²) in [7, 11) is 0. The number of fused-ring (bicyclic) bond motifs is 1. The van der Waals surface area contributed by atoms with E-state index in [1.165, 1.54) is 18.2 Å². The Labute approximate surface area is 206 Å². The molecule has 0 aliphatic heterocycles. The van der Waals surface area contributed by atoms with Crippen LogP contribution < -0.4 is 0 Å². The highest BCUT2D eigenvalue weighted by molar-refractivity contribution is 6.03. The molecule has 178 valence electrons. The molecule has 1 fully saturated rings. The molecule has 3 aromatic carbocycles. The van der Waals surface area contributed by atoms with E-state index in [-0.39, 0.29) is 11.6 Å². The fraction of sp³-hybridized carbons (Fsp3) is 0.138. The first kappa shape index (κ1) is 23.2. The summed E-state index contributed by atoms with van der Waals surface area (Å²) < 4.78 is 28.5. The number of nitrogens with zero attached hydrogens (tertiary/aromatic N) is 2. The Morgan fingerprint density at radius 3 is 2.47 bits per heavy atom. The molecule has 7 heteroatoms. The highest BCUT2D eigenvalue weighted by Crippen LogP contribution is 2.47. The van der Waals surface area contributed by atoms with Crippen LogP contribution in [0.3, 0.4) is 0 Å². The maximum Gasteiger partial charge on any atom is 0.328 e. The number of carboxylic acid groups (broad SMARTS) is 1. The van der Waals surface area contributed by atoms with E-state index in [4.69, 9.17) is 11.7 Å². The van der Waals surface area contributed by atoms with Crippen LogP contribution in [0.1, 0.15) is 41.5 Å². The zero-order valence-electron chi connectivity index (χ0n) is 19.1. The molecule has 0 unspecified atom stereocenters. The van der Waals surface area contributed by atoms with Crippen molar-refractivity contribution in [3.05, 3.63) is 112 Å². The third-order valence-electron chi connectivity index (χ3n) is 6.57. The van der Waals surface area contributed by atoms with Gasteiger partial charge in [0.15, 0.2) is 5.69 Å². The van der Waals surface area contributed by atoms with Gasteiger partial charge in [-0.05, 0) is 82.5 Å². The summed E-state index contributed by atoms with van der Waals surface area (Å²) in [6, 6.07) is 17.0. The van der Waals surface area contributed by atoms with Crippen molar-refractivity contribution in [3.8, 4) is 0 Å². The zero-order valence-corrected chi connectivity index (χ0v) is 19.1. The van der Waals surface area contributed by atoms with Crippen molar-refractivity contribution in [1.82, 2.24) is 10.2 Å². The molecule has 2 N–H and O–H groups in total. The van der Waals surface area contributed by atoms with Crippen molar-refractivity contribution in [2.75, 3.05) is 0 Å². The van der Waals surface area contributed by atoms with Crippen LogP contribution in [-0.4, -0.2) is 21.3 Å². The molecule has 36 heavy (non-hydrogen) atoms. The molecule has 1 heterocycles. The minimum atomic E-state index is -1.04. The minimum absolute atomic E-state index is 0.155. The summed E-state index contributed by atoms with van der Waals surface area (Å²) in [5.74, 6) is -1.89. The predicted octanol–water partition coefficient (Wildman–Crippen LogP) is 7.25. The maximum absolute atomic E-state index is 14.4. The Hall–Kier alpha value is -4.57. The minimum Gasteiger partial charge on any atom is -0.478 e. The number of benzene rings is 3. The molecule has 5 rings (SSSR count). The second-order valence-corrected chi connectivity index (χ2v) is 8.75. The lowest BCUT2D eigenvalue weighted by molar-refractivity contribution is -0.131. The number of carbonyl (C=O) groups is 1. The zero-order chi connectivity index (χ0) is 25.2. The van der Waals surface area contributed by atoms with E-state index >= 15 is 0 Å². The monoisotopic (exact) mass is 481 g/mol. The fourth-order valence-corrected chi connectivity index (χ4v) is 4.62. The van der Waals surface area contributed by atoms with E-state index < -0.39 is 17.7 Å². The van der Waals surface area contributed by atoms with Crippen LogP contribution in [0.5, 0.6) is 0 Å². The Morgan fingerprint density at radius 2 is 1.81 bits per heavy atom. The van der Waals surface area contributed by atoms with Crippen molar-refractivity contribution in [2.45, 2.75) is 19.3 Å². The van der Waals surface area contributed by atoms with E-state index in [1.807, 2.05) is 30.3 Å². The molecule has 5 nitrogen and oxygen atoms in total. The molecule has 0 amide bonds. The number of aromatic amines is 1. The van der Waals surface area contributed by atoms with Gasteiger partial charge in [-0.1, -0.05) is 42.8 Å². The van der Waals surface area contributed by atoms with Gasteiger partial charge in [0.1, 0.15) is 5.82 Å². The first-order valence-electron chi connectivity index (χ1n) is 11.5.